The minimum Gasteiger partial charge on any atom is -0.497 e. The summed E-state index contributed by atoms with van der Waals surface area (Å²) in [5.41, 5.74) is 1.89. The first-order chi connectivity index (χ1) is 14.1. The number of aromatic nitrogens is 1. The Balaban J connectivity index is 2.01. The zero-order valence-electron chi connectivity index (χ0n) is 16.6. The van der Waals surface area contributed by atoms with Gasteiger partial charge in [0.15, 0.2) is 0 Å². The van der Waals surface area contributed by atoms with Crippen LogP contribution in [0.15, 0.2) is 83.8 Å². The van der Waals surface area contributed by atoms with Crippen molar-refractivity contribution in [3.05, 3.63) is 100 Å². The molecule has 0 atom stereocenters. The molecule has 0 fully saturated rings. The van der Waals surface area contributed by atoms with E-state index in [0.717, 1.165) is 16.9 Å². The van der Waals surface area contributed by atoms with Crippen LogP contribution in [0.4, 0.5) is 0 Å². The molecule has 0 aliphatic carbocycles. The monoisotopic (exact) mass is 388 g/mol. The highest BCUT2D eigenvalue weighted by molar-refractivity contribution is 6.18. The van der Waals surface area contributed by atoms with Gasteiger partial charge in [-0.05, 0) is 42.3 Å². The quantitative estimate of drug-likeness (QED) is 0.577. The normalized spacial score (nSPS) is 11.2. The molecule has 1 aromatic heterocycles. The van der Waals surface area contributed by atoms with Gasteiger partial charge >= 0.3 is 0 Å². The Morgan fingerprint density at radius 1 is 1.00 bits per heavy atom. The van der Waals surface area contributed by atoms with Crippen LogP contribution in [0, 0.1) is 0 Å². The van der Waals surface area contributed by atoms with E-state index in [1.165, 1.54) is 10.6 Å². The van der Waals surface area contributed by atoms with Crippen LogP contribution in [0.25, 0.3) is 11.8 Å². The number of likely N-dealkylation sites (N-methyl/N-ethyl adjacent to an activating group) is 1. The van der Waals surface area contributed by atoms with Crippen molar-refractivity contribution in [3.8, 4) is 5.75 Å². The van der Waals surface area contributed by atoms with Crippen LogP contribution in [-0.2, 0) is 11.3 Å². The van der Waals surface area contributed by atoms with Crippen LogP contribution in [-0.4, -0.2) is 29.0 Å². The summed E-state index contributed by atoms with van der Waals surface area (Å²) >= 11 is 0. The Morgan fingerprint density at radius 3 is 2.31 bits per heavy atom. The molecule has 0 aliphatic rings. The predicted octanol–water partition coefficient (Wildman–Crippen LogP) is 3.90. The summed E-state index contributed by atoms with van der Waals surface area (Å²) in [6, 6.07) is 22.0. The molecule has 148 valence electrons. The molecular weight excluding hydrogens is 364 g/mol. The van der Waals surface area contributed by atoms with Crippen molar-refractivity contribution >= 4 is 17.7 Å². The number of pyridine rings is 1. The Bertz CT molecular complexity index is 1040. The second-order valence-corrected chi connectivity index (χ2v) is 6.52. The Hall–Kier alpha value is -3.60. The third-order valence-electron chi connectivity index (χ3n) is 4.61. The van der Waals surface area contributed by atoms with E-state index >= 15 is 0 Å². The molecule has 0 N–H and O–H groups in total. The van der Waals surface area contributed by atoms with Gasteiger partial charge in [-0.25, -0.2) is 0 Å². The minimum atomic E-state index is -0.253. The Kier molecular flexibility index (Phi) is 6.63. The molecule has 2 aromatic carbocycles. The standard InChI is InChI=1S/C24H24N2O3/c1-3-25(18-20-9-5-4-6-10-20)24(28)22(26-16-8-7-11-23(26)27)17-19-12-14-21(29-2)15-13-19/h4-17H,3,18H2,1-2H3/b22-17+. The van der Waals surface area contributed by atoms with Gasteiger partial charge in [0.1, 0.15) is 11.4 Å². The van der Waals surface area contributed by atoms with Gasteiger partial charge in [0, 0.05) is 25.4 Å². The smallest absolute Gasteiger partial charge is 0.271 e. The summed E-state index contributed by atoms with van der Waals surface area (Å²) in [6.45, 7) is 2.92. The molecule has 3 rings (SSSR count). The molecule has 5 nitrogen and oxygen atoms in total. The number of benzene rings is 2. The van der Waals surface area contributed by atoms with Gasteiger partial charge in [-0.2, -0.15) is 0 Å². The van der Waals surface area contributed by atoms with Crippen molar-refractivity contribution in [1.29, 1.82) is 0 Å². The number of carbonyl (C=O) groups excluding carboxylic acids is 1. The molecule has 0 saturated carbocycles. The third kappa shape index (κ3) is 5.02. The van der Waals surface area contributed by atoms with E-state index in [-0.39, 0.29) is 11.5 Å². The van der Waals surface area contributed by atoms with Crippen LogP contribution in [0.1, 0.15) is 18.1 Å². The molecule has 3 aromatic rings. The first-order valence-electron chi connectivity index (χ1n) is 9.49. The SMILES string of the molecule is CCN(Cc1ccccc1)C(=O)/C(=C\c1ccc(OC)cc1)n1ccccc1=O. The molecule has 1 amide bonds. The number of nitrogens with zero attached hydrogens (tertiary/aromatic N) is 2. The number of amides is 1. The van der Waals surface area contributed by atoms with Gasteiger partial charge in [-0.15, -0.1) is 0 Å². The van der Waals surface area contributed by atoms with Gasteiger partial charge in [-0.1, -0.05) is 48.5 Å². The van der Waals surface area contributed by atoms with E-state index in [9.17, 15) is 9.59 Å². The van der Waals surface area contributed by atoms with Crippen molar-refractivity contribution in [2.75, 3.05) is 13.7 Å². The molecular formula is C24H24N2O3. The average Bonchev–Trinajstić information content (AvgIpc) is 2.77. The molecule has 0 unspecified atom stereocenters. The van der Waals surface area contributed by atoms with E-state index in [1.807, 2.05) is 61.5 Å². The largest absolute Gasteiger partial charge is 0.497 e. The first kappa shape index (κ1) is 20.1. The van der Waals surface area contributed by atoms with Crippen LogP contribution < -0.4 is 10.3 Å². The van der Waals surface area contributed by atoms with E-state index in [4.69, 9.17) is 4.74 Å². The third-order valence-corrected chi connectivity index (χ3v) is 4.61. The molecule has 0 radical (unpaired) electrons. The number of rotatable bonds is 7. The van der Waals surface area contributed by atoms with Gasteiger partial charge < -0.3 is 9.64 Å². The van der Waals surface area contributed by atoms with E-state index in [1.54, 1.807) is 36.4 Å². The minimum absolute atomic E-state index is 0.208. The summed E-state index contributed by atoms with van der Waals surface area (Å²) in [7, 11) is 1.60. The average molecular weight is 388 g/mol. The van der Waals surface area contributed by atoms with Crippen molar-refractivity contribution < 1.29 is 9.53 Å². The Labute approximate surface area is 170 Å². The second kappa shape index (κ2) is 9.55. The van der Waals surface area contributed by atoms with Crippen molar-refractivity contribution in [1.82, 2.24) is 9.47 Å². The second-order valence-electron chi connectivity index (χ2n) is 6.52. The highest BCUT2D eigenvalue weighted by Gasteiger charge is 2.20. The fourth-order valence-electron chi connectivity index (χ4n) is 3.01. The molecule has 0 spiro atoms. The lowest BCUT2D eigenvalue weighted by molar-refractivity contribution is -0.125. The number of carbonyl (C=O) groups is 1. The maximum absolute atomic E-state index is 13.4. The van der Waals surface area contributed by atoms with Gasteiger partial charge in [0.25, 0.3) is 11.5 Å². The lowest BCUT2D eigenvalue weighted by Crippen LogP contribution is -2.34. The van der Waals surface area contributed by atoms with Crippen LogP contribution in [0.5, 0.6) is 5.75 Å². The number of ether oxygens (including phenoxy) is 1. The predicted molar refractivity (Wildman–Crippen MR) is 115 cm³/mol. The number of hydrogen-bond donors (Lipinski definition) is 0. The fourth-order valence-corrected chi connectivity index (χ4v) is 3.01. The van der Waals surface area contributed by atoms with Gasteiger partial charge in [-0.3, -0.25) is 14.2 Å². The topological polar surface area (TPSA) is 51.5 Å². The van der Waals surface area contributed by atoms with Crippen LogP contribution >= 0.6 is 0 Å². The molecule has 5 heteroatoms. The van der Waals surface area contributed by atoms with Crippen molar-refractivity contribution in [2.24, 2.45) is 0 Å². The summed E-state index contributed by atoms with van der Waals surface area (Å²) in [5, 5.41) is 0. The van der Waals surface area contributed by atoms with Gasteiger partial charge in [0.2, 0.25) is 0 Å². The summed E-state index contributed by atoms with van der Waals surface area (Å²) in [4.78, 5) is 27.6. The highest BCUT2D eigenvalue weighted by atomic mass is 16.5. The molecule has 0 aliphatic heterocycles. The number of hydrogen-bond acceptors (Lipinski definition) is 3. The molecule has 0 saturated heterocycles. The lowest BCUT2D eigenvalue weighted by Gasteiger charge is -2.23. The van der Waals surface area contributed by atoms with E-state index in [2.05, 4.69) is 0 Å². The lowest BCUT2D eigenvalue weighted by atomic mass is 10.1. The summed E-state index contributed by atoms with van der Waals surface area (Å²) in [6.07, 6.45) is 3.35. The zero-order chi connectivity index (χ0) is 20.6. The molecule has 0 bridgehead atoms. The summed E-state index contributed by atoms with van der Waals surface area (Å²) in [5.74, 6) is 0.520. The first-order valence-corrected chi connectivity index (χ1v) is 9.49. The number of methoxy groups -OCH3 is 1. The maximum atomic E-state index is 13.4. The maximum Gasteiger partial charge on any atom is 0.271 e. The zero-order valence-corrected chi connectivity index (χ0v) is 16.6. The van der Waals surface area contributed by atoms with Crippen molar-refractivity contribution in [2.45, 2.75) is 13.5 Å². The van der Waals surface area contributed by atoms with E-state index < -0.39 is 0 Å². The highest BCUT2D eigenvalue weighted by Crippen LogP contribution is 2.18. The van der Waals surface area contributed by atoms with Gasteiger partial charge in [0.05, 0.1) is 7.11 Å². The molecule has 29 heavy (non-hydrogen) atoms. The fraction of sp³-hybridized carbons (Fsp3) is 0.167. The van der Waals surface area contributed by atoms with Crippen LogP contribution in [0.2, 0.25) is 0 Å². The Morgan fingerprint density at radius 2 is 1.69 bits per heavy atom. The molecule has 1 heterocycles. The van der Waals surface area contributed by atoms with Crippen LogP contribution in [0.3, 0.4) is 0 Å². The van der Waals surface area contributed by atoms with Crippen molar-refractivity contribution in [3.63, 3.8) is 0 Å². The van der Waals surface area contributed by atoms with E-state index in [0.29, 0.717) is 18.8 Å². The summed E-state index contributed by atoms with van der Waals surface area (Å²) < 4.78 is 6.59.